The van der Waals surface area contributed by atoms with E-state index >= 15 is 0 Å². The van der Waals surface area contributed by atoms with Crippen LogP contribution in [0.3, 0.4) is 0 Å². The van der Waals surface area contributed by atoms with Gasteiger partial charge in [0.25, 0.3) is 0 Å². The number of hydrogen-bond acceptors (Lipinski definition) is 16. The molecule has 34 aliphatic rings. The van der Waals surface area contributed by atoms with Crippen LogP contribution in [-0.2, 0) is 75.8 Å². The third-order valence-electron chi connectivity index (χ3n) is 41.0. The number of fused-ring (bicyclic) bond motifs is 110. The summed E-state index contributed by atoms with van der Waals surface area (Å²) >= 11 is 0. The molecule has 16 unspecified atom stereocenters. The lowest BCUT2D eigenvalue weighted by Gasteiger charge is -2.47. The average Bonchev–Trinajstić information content (AvgIpc) is 1.43. The summed E-state index contributed by atoms with van der Waals surface area (Å²) in [6.07, 6.45) is -1.31. The molecule has 4 aromatic rings. The second-order valence-corrected chi connectivity index (χ2v) is 42.8. The van der Waals surface area contributed by atoms with E-state index in [-0.39, 0.29) is 243 Å². The highest BCUT2D eigenvalue weighted by molar-refractivity contribution is 5.83. The molecular formula is C97H80O16. The molecule has 32 heterocycles. The van der Waals surface area contributed by atoms with Crippen molar-refractivity contribution < 1.29 is 75.8 Å². The van der Waals surface area contributed by atoms with Crippen molar-refractivity contribution in [3.63, 3.8) is 0 Å². The standard InChI is InChI=1S/C97H80O16/c1-17-21(5)69-49-45(65(17)98-69)73-25-9-33-37(13-29(25)77(49)102-73)85-57-53(81(33)106-85)89-41-42-62(94-58-54(90(42)111-94)82-34-10-26-30(14-38(34)86(58)107-82)78-50-46(74(26)103-78)66-18(2)22(6)70(50)99-66)97(61(41)93(57)110-89)63-43(91-55-59(95(63)112-91)87-39-15-31-27(11-35(39)83(55)108-87)75-47-51(79(31)104-75)71-23(7)19(3)67(47)100-71)44-64(97)96-60-56(92(44)113-96)84-36-12-28-32(16-40(36)88(60)109-84)80-52-48(76(28)105-80)68-20(4)24(8)72(52)101-68/h9-16,45-60,65-96H,1-8H3/t45?,46?,47?,48?,49?,50?,51?,52?,53?,54?,55?,56?,57?,58?,59?,60?,65-,66-,67-,68-,69+,70+,71+,72+,73+,74+,75+,76+,77-,78-,79-,80-,81+,82+,83+,84+,85-,86-,87-,88-,89-,90-,91-,92-,93-,94-,95-,96-,97?/m1/s1. The molecule has 0 radical (unpaired) electrons. The zero-order valence-electron chi connectivity index (χ0n) is 63.4. The molecule has 0 aromatic heterocycles. The third kappa shape index (κ3) is 5.12. The third-order valence-corrected chi connectivity index (χ3v) is 41.0. The normalized spacial score (nSPS) is 59.4. The second kappa shape index (κ2) is 16.8. The molecule has 32 bridgehead atoms. The Labute approximate surface area is 649 Å². The number of benzene rings is 4. The maximum Gasteiger partial charge on any atom is 0.0899 e. The van der Waals surface area contributed by atoms with Crippen LogP contribution in [0.4, 0.5) is 0 Å². The number of ether oxygens (including phenoxy) is 16. The maximum absolute atomic E-state index is 8.28. The molecule has 0 N–H and O–H groups in total. The van der Waals surface area contributed by atoms with Crippen LogP contribution in [0.15, 0.2) is 138 Å². The van der Waals surface area contributed by atoms with Gasteiger partial charge in [0.05, 0.1) is 201 Å². The van der Waals surface area contributed by atoms with Gasteiger partial charge in [0.15, 0.2) is 0 Å². The van der Waals surface area contributed by atoms with Gasteiger partial charge in [-0.1, -0.05) is 0 Å². The van der Waals surface area contributed by atoms with Crippen LogP contribution in [0.5, 0.6) is 0 Å². The molecule has 16 fully saturated rings. The van der Waals surface area contributed by atoms with Crippen molar-refractivity contribution in [3.8, 4) is 0 Å². The van der Waals surface area contributed by atoms with Gasteiger partial charge in [-0.25, -0.2) is 0 Å². The van der Waals surface area contributed by atoms with Gasteiger partial charge in [-0.2, -0.15) is 0 Å². The fourth-order valence-corrected chi connectivity index (χ4v) is 37.5. The van der Waals surface area contributed by atoms with E-state index in [0.717, 1.165) is 0 Å². The van der Waals surface area contributed by atoms with Crippen LogP contribution in [0.2, 0.25) is 0 Å². The van der Waals surface area contributed by atoms with E-state index in [1.165, 1.54) is 178 Å². The van der Waals surface area contributed by atoms with Gasteiger partial charge in [0.1, 0.15) is 0 Å². The Balaban J connectivity index is 0.532. The van der Waals surface area contributed by atoms with Crippen molar-refractivity contribution in [3.05, 3.63) is 227 Å². The van der Waals surface area contributed by atoms with Gasteiger partial charge in [0, 0.05) is 94.7 Å². The van der Waals surface area contributed by atoms with E-state index in [1.54, 1.807) is 0 Å². The summed E-state index contributed by atoms with van der Waals surface area (Å²) in [7, 11) is 0. The SMILES string of the molecule is CC1=C(C)[C@@H]2O[C@H]1C1C2[C@@H]2O[C@H]1c1cc3c(cc12)[C@H]1O[C@@H]3C2C1[C@H]1O[C@@H]2C2=C1C1(C3=C2[C@H]2O[C@@H]3C3C2[C@H]2O[C@@H]3c3cc4c(cc32)[C@@H]2O[C@H]4C3C2[C@@H]2O[C@H]3C(C)=C2C)C2=C(C3=C1[C@@H]1O[C@H]3C3C1[C@@H]1O[C@H]3c3cc4c(cc31)[C@H]1O[C@@H]4C3C1[C@H]1O[C@@H]3C(C)=C1C)[C@H]1O[C@@H]2C2C1[C@H]1O[C@@H]2c2cc3c(cc21)[C@@H]1O[C@H]3C2C1[C@@H]1O[C@H]2C(C)=C1C. The highest BCUT2D eigenvalue weighted by atomic mass is 16.6. The Morgan fingerprint density at radius 3 is 0.389 bits per heavy atom. The lowest BCUT2D eigenvalue weighted by molar-refractivity contribution is -0.0186. The molecule has 564 valence electrons. The fraction of sp³-hybridized carbons (Fsp3) is 0.588. The van der Waals surface area contributed by atoms with Crippen molar-refractivity contribution in [2.24, 2.45) is 100 Å². The molecule has 2 aliphatic carbocycles. The van der Waals surface area contributed by atoms with Gasteiger partial charge >= 0.3 is 0 Å². The predicted octanol–water partition coefficient (Wildman–Crippen LogP) is 14.4. The van der Waals surface area contributed by atoms with Gasteiger partial charge < -0.3 is 75.8 Å². The van der Waals surface area contributed by atoms with E-state index in [2.05, 4.69) is 104 Å². The Kier molecular flexibility index (Phi) is 8.65. The van der Waals surface area contributed by atoms with Gasteiger partial charge in [0.2, 0.25) is 0 Å². The van der Waals surface area contributed by atoms with Crippen LogP contribution in [0.25, 0.3) is 0 Å². The molecule has 38 rings (SSSR count). The van der Waals surface area contributed by atoms with Crippen LogP contribution >= 0.6 is 0 Å². The van der Waals surface area contributed by atoms with Gasteiger partial charge in [-0.15, -0.1) is 0 Å². The minimum Gasteiger partial charge on any atom is -0.365 e. The summed E-state index contributed by atoms with van der Waals surface area (Å²) in [4.78, 5) is 0. The quantitative estimate of drug-likeness (QED) is 0.154. The average molecular weight is 1500 g/mol. The van der Waals surface area contributed by atoms with Crippen molar-refractivity contribution >= 4 is 0 Å². The summed E-state index contributed by atoms with van der Waals surface area (Å²) in [6.45, 7) is 18.4. The lowest BCUT2D eigenvalue weighted by Crippen LogP contribution is -2.48. The zero-order valence-corrected chi connectivity index (χ0v) is 63.4. The molecule has 32 aliphatic heterocycles. The first-order valence-corrected chi connectivity index (χ1v) is 44.2. The van der Waals surface area contributed by atoms with Gasteiger partial charge in [-0.3, -0.25) is 0 Å². The van der Waals surface area contributed by atoms with Crippen molar-refractivity contribution in [2.45, 2.75) is 251 Å². The summed E-state index contributed by atoms with van der Waals surface area (Å²) < 4.78 is 121. The maximum atomic E-state index is 8.28. The molecular weight excluding hydrogens is 1420 g/mol. The van der Waals surface area contributed by atoms with E-state index in [0.29, 0.717) is 47.3 Å². The smallest absolute Gasteiger partial charge is 0.0899 e. The molecule has 113 heavy (non-hydrogen) atoms. The molecule has 16 nitrogen and oxygen atoms in total. The molecule has 16 saturated heterocycles. The Bertz CT molecular complexity index is 5400. The Hall–Kier alpha value is -5.84. The van der Waals surface area contributed by atoms with E-state index < -0.39 is 5.41 Å². The number of rotatable bonds is 0. The minimum atomic E-state index is -0.740. The van der Waals surface area contributed by atoms with Crippen molar-refractivity contribution in [1.82, 2.24) is 0 Å². The zero-order chi connectivity index (χ0) is 71.7. The first-order valence-electron chi connectivity index (χ1n) is 44.2. The topological polar surface area (TPSA) is 148 Å². The fourth-order valence-electron chi connectivity index (χ4n) is 37.5. The largest absolute Gasteiger partial charge is 0.365 e. The molecule has 16 heteroatoms. The first-order chi connectivity index (χ1) is 55.4. The Morgan fingerprint density at radius 1 is 0.142 bits per heavy atom. The lowest BCUT2D eigenvalue weighted by atomic mass is 9.53. The monoisotopic (exact) mass is 1500 g/mol. The molecule has 4 aromatic carbocycles. The van der Waals surface area contributed by atoms with Crippen LogP contribution < -0.4 is 0 Å². The van der Waals surface area contributed by atoms with E-state index in [1.807, 2.05) is 0 Å². The highest BCUT2D eigenvalue weighted by Crippen LogP contribution is 2.88. The summed E-state index contributed by atoms with van der Waals surface area (Å²) in [5.74, 6) is 3.69. The van der Waals surface area contributed by atoms with E-state index in [9.17, 15) is 0 Å². The Morgan fingerprint density at radius 2 is 0.248 bits per heavy atom. The first kappa shape index (κ1) is 58.1. The van der Waals surface area contributed by atoms with E-state index in [4.69, 9.17) is 75.8 Å². The summed E-state index contributed by atoms with van der Waals surface area (Å²) in [6, 6.07) is 20.6. The molecule has 1 spiro atoms. The minimum absolute atomic E-state index is 0.0228. The van der Waals surface area contributed by atoms with Crippen LogP contribution in [-0.4, -0.2) is 97.7 Å². The van der Waals surface area contributed by atoms with Crippen LogP contribution in [0.1, 0.15) is 242 Å². The van der Waals surface area contributed by atoms with Crippen molar-refractivity contribution in [1.29, 1.82) is 0 Å². The molecule has 0 amide bonds. The second-order valence-electron chi connectivity index (χ2n) is 42.8. The molecule has 48 atom stereocenters. The molecule has 0 saturated carbocycles. The van der Waals surface area contributed by atoms with Crippen LogP contribution in [0, 0.1) is 100 Å². The van der Waals surface area contributed by atoms with Crippen molar-refractivity contribution in [2.75, 3.05) is 0 Å². The highest BCUT2D eigenvalue weighted by Gasteiger charge is 2.86. The number of hydrogen-bond donors (Lipinski definition) is 0. The predicted molar refractivity (Wildman–Crippen MR) is 387 cm³/mol. The summed E-state index contributed by atoms with van der Waals surface area (Å²) in [5, 5.41) is 0. The van der Waals surface area contributed by atoms with Gasteiger partial charge in [-0.05, 0) is 282 Å². The summed E-state index contributed by atoms with van der Waals surface area (Å²) in [5.41, 5.74) is 44.3.